The molecule has 0 aliphatic rings. The molecule has 1 aromatic heterocycles. The molecular weight excluding hydrogens is 369 g/mol. The lowest BCUT2D eigenvalue weighted by Crippen LogP contribution is -2.21. The van der Waals surface area contributed by atoms with Crippen molar-refractivity contribution in [2.75, 3.05) is 7.11 Å². The molecule has 0 atom stereocenters. The summed E-state index contributed by atoms with van der Waals surface area (Å²) >= 11 is 2.83. The van der Waals surface area contributed by atoms with E-state index in [4.69, 9.17) is 0 Å². The highest BCUT2D eigenvalue weighted by Crippen LogP contribution is 2.36. The van der Waals surface area contributed by atoms with Crippen LogP contribution < -0.4 is 4.74 Å². The zero-order valence-electron chi connectivity index (χ0n) is 10.5. The van der Waals surface area contributed by atoms with Crippen LogP contribution in [0.15, 0.2) is 6.20 Å². The Morgan fingerprint density at radius 2 is 2.05 bits per heavy atom. The average molecular weight is 378 g/mol. The predicted octanol–water partition coefficient (Wildman–Crippen LogP) is 3.53. The van der Waals surface area contributed by atoms with Gasteiger partial charge < -0.3 is 9.47 Å². The van der Waals surface area contributed by atoms with Crippen molar-refractivity contribution in [2.45, 2.75) is 24.5 Å². The van der Waals surface area contributed by atoms with Crippen molar-refractivity contribution in [2.24, 2.45) is 0 Å². The Bertz CT molecular complexity index is 521. The fraction of sp³-hybridized carbons (Fsp3) is 0.455. The molecule has 1 aromatic rings. The van der Waals surface area contributed by atoms with Crippen LogP contribution in [0.3, 0.4) is 0 Å². The standard InChI is InChI=1S/C11H9BrF5NO3/c1-20-8(19)2-7-9(21-11(15,16)17)5(3-12)6(4-18-7)10(13)14/h4,10H,2-3H2,1H3. The highest BCUT2D eigenvalue weighted by atomic mass is 79.9. The summed E-state index contributed by atoms with van der Waals surface area (Å²) in [6.45, 7) is 0. The maximum Gasteiger partial charge on any atom is 0.573 e. The van der Waals surface area contributed by atoms with Crippen molar-refractivity contribution >= 4 is 21.9 Å². The van der Waals surface area contributed by atoms with Gasteiger partial charge in [0, 0.05) is 22.7 Å². The number of hydrogen-bond donors (Lipinski definition) is 0. The van der Waals surface area contributed by atoms with E-state index >= 15 is 0 Å². The molecule has 21 heavy (non-hydrogen) atoms. The third kappa shape index (κ3) is 4.80. The molecule has 0 saturated carbocycles. The van der Waals surface area contributed by atoms with Crippen LogP contribution in [0.1, 0.15) is 23.2 Å². The topological polar surface area (TPSA) is 48.4 Å². The summed E-state index contributed by atoms with van der Waals surface area (Å²) in [6.07, 6.45) is -8.06. The van der Waals surface area contributed by atoms with Crippen LogP contribution in [0.2, 0.25) is 0 Å². The van der Waals surface area contributed by atoms with E-state index in [2.05, 4.69) is 30.4 Å². The van der Waals surface area contributed by atoms with E-state index < -0.39 is 47.7 Å². The first-order chi connectivity index (χ1) is 9.69. The van der Waals surface area contributed by atoms with Crippen LogP contribution in [-0.2, 0) is 21.3 Å². The molecule has 1 rings (SSSR count). The van der Waals surface area contributed by atoms with E-state index in [0.29, 0.717) is 6.20 Å². The number of halogens is 6. The lowest BCUT2D eigenvalue weighted by molar-refractivity contribution is -0.275. The quantitative estimate of drug-likeness (QED) is 0.447. The molecule has 0 saturated heterocycles. The van der Waals surface area contributed by atoms with Crippen LogP contribution in [-0.4, -0.2) is 24.4 Å². The Labute approximate surface area is 124 Å². The van der Waals surface area contributed by atoms with Gasteiger partial charge >= 0.3 is 12.3 Å². The Balaban J connectivity index is 3.39. The molecule has 10 heteroatoms. The second-order valence-corrected chi connectivity index (χ2v) is 4.26. The summed E-state index contributed by atoms with van der Waals surface area (Å²) in [5.74, 6) is -1.79. The van der Waals surface area contributed by atoms with Gasteiger partial charge in [0.1, 0.15) is 0 Å². The number of alkyl halides is 6. The number of methoxy groups -OCH3 is 1. The van der Waals surface area contributed by atoms with Gasteiger partial charge in [-0.15, -0.1) is 13.2 Å². The monoisotopic (exact) mass is 377 g/mol. The maximum absolute atomic E-state index is 12.8. The average Bonchev–Trinajstić information content (AvgIpc) is 2.38. The third-order valence-electron chi connectivity index (χ3n) is 2.37. The molecule has 0 aromatic carbocycles. The molecule has 0 radical (unpaired) electrons. The van der Waals surface area contributed by atoms with E-state index in [1.54, 1.807) is 0 Å². The van der Waals surface area contributed by atoms with Gasteiger partial charge in [0.25, 0.3) is 6.43 Å². The molecule has 0 N–H and O–H groups in total. The first kappa shape index (κ1) is 17.6. The van der Waals surface area contributed by atoms with Gasteiger partial charge in [0.2, 0.25) is 0 Å². The Hall–Kier alpha value is -1.45. The van der Waals surface area contributed by atoms with E-state index in [0.717, 1.165) is 7.11 Å². The van der Waals surface area contributed by atoms with Gasteiger partial charge in [-0.25, -0.2) is 8.78 Å². The van der Waals surface area contributed by atoms with E-state index in [1.807, 2.05) is 0 Å². The van der Waals surface area contributed by atoms with Gasteiger partial charge in [-0.2, -0.15) is 0 Å². The zero-order chi connectivity index (χ0) is 16.2. The minimum Gasteiger partial charge on any atom is -0.469 e. The predicted molar refractivity (Wildman–Crippen MR) is 64.2 cm³/mol. The summed E-state index contributed by atoms with van der Waals surface area (Å²) in [5.41, 5.74) is -1.56. The number of carbonyl (C=O) groups excluding carboxylic acids is 1. The second kappa shape index (κ2) is 7.01. The van der Waals surface area contributed by atoms with Gasteiger partial charge in [-0.3, -0.25) is 9.78 Å². The minimum atomic E-state index is -5.11. The number of aromatic nitrogens is 1. The number of ether oxygens (including phenoxy) is 2. The highest BCUT2D eigenvalue weighted by molar-refractivity contribution is 9.08. The van der Waals surface area contributed by atoms with Gasteiger partial charge in [-0.1, -0.05) is 15.9 Å². The Kier molecular flexibility index (Phi) is 5.87. The zero-order valence-corrected chi connectivity index (χ0v) is 12.1. The first-order valence-electron chi connectivity index (χ1n) is 5.37. The number of pyridine rings is 1. The SMILES string of the molecule is COC(=O)Cc1ncc(C(F)F)c(CBr)c1OC(F)(F)F. The number of rotatable bonds is 5. The molecule has 0 fully saturated rings. The van der Waals surface area contributed by atoms with Crippen molar-refractivity contribution < 1.29 is 36.2 Å². The van der Waals surface area contributed by atoms with Crippen molar-refractivity contribution in [1.82, 2.24) is 4.98 Å². The van der Waals surface area contributed by atoms with Crippen LogP contribution in [0.4, 0.5) is 22.0 Å². The fourth-order valence-electron chi connectivity index (χ4n) is 1.49. The molecule has 0 spiro atoms. The minimum absolute atomic E-state index is 0.325. The molecule has 0 aliphatic carbocycles. The lowest BCUT2D eigenvalue weighted by atomic mass is 10.1. The van der Waals surface area contributed by atoms with Crippen molar-refractivity contribution in [3.05, 3.63) is 23.0 Å². The van der Waals surface area contributed by atoms with Crippen molar-refractivity contribution in [3.8, 4) is 5.75 Å². The van der Waals surface area contributed by atoms with Crippen LogP contribution >= 0.6 is 15.9 Å². The fourth-order valence-corrected chi connectivity index (χ4v) is 2.06. The van der Waals surface area contributed by atoms with Gasteiger partial charge in [0.15, 0.2) is 5.75 Å². The molecule has 0 amide bonds. The summed E-state index contributed by atoms with van der Waals surface area (Å²) < 4.78 is 70.9. The highest BCUT2D eigenvalue weighted by Gasteiger charge is 2.35. The molecule has 1 heterocycles. The molecular formula is C11H9BrF5NO3. The van der Waals surface area contributed by atoms with E-state index in [1.165, 1.54) is 0 Å². The molecule has 4 nitrogen and oxygen atoms in total. The second-order valence-electron chi connectivity index (χ2n) is 3.70. The van der Waals surface area contributed by atoms with E-state index in [9.17, 15) is 26.7 Å². The molecule has 118 valence electrons. The summed E-state index contributed by atoms with van der Waals surface area (Å²) in [7, 11) is 1.03. The number of nitrogens with zero attached hydrogens (tertiary/aromatic N) is 1. The maximum atomic E-state index is 12.8. The smallest absolute Gasteiger partial charge is 0.469 e. The third-order valence-corrected chi connectivity index (χ3v) is 2.93. The van der Waals surface area contributed by atoms with Gasteiger partial charge in [-0.05, 0) is 0 Å². The number of esters is 1. The normalized spacial score (nSPS) is 11.6. The summed E-state index contributed by atoms with van der Waals surface area (Å²) in [5, 5.41) is -0.325. The molecule has 0 unspecified atom stereocenters. The largest absolute Gasteiger partial charge is 0.573 e. The van der Waals surface area contributed by atoms with E-state index in [-0.39, 0.29) is 5.33 Å². The van der Waals surface area contributed by atoms with Gasteiger partial charge in [0.05, 0.1) is 19.2 Å². The van der Waals surface area contributed by atoms with Crippen LogP contribution in [0.25, 0.3) is 0 Å². The summed E-state index contributed by atoms with van der Waals surface area (Å²) in [6, 6.07) is 0. The van der Waals surface area contributed by atoms with Crippen molar-refractivity contribution in [3.63, 3.8) is 0 Å². The van der Waals surface area contributed by atoms with Crippen molar-refractivity contribution in [1.29, 1.82) is 0 Å². The van der Waals surface area contributed by atoms with Crippen LogP contribution in [0.5, 0.6) is 5.75 Å². The Morgan fingerprint density at radius 3 is 2.48 bits per heavy atom. The first-order valence-corrected chi connectivity index (χ1v) is 6.49. The Morgan fingerprint density at radius 1 is 1.43 bits per heavy atom. The number of carbonyl (C=O) groups is 1. The molecule has 0 bridgehead atoms. The molecule has 0 aliphatic heterocycles. The number of hydrogen-bond acceptors (Lipinski definition) is 4. The lowest BCUT2D eigenvalue weighted by Gasteiger charge is -2.17. The summed E-state index contributed by atoms with van der Waals surface area (Å²) in [4.78, 5) is 14.6. The van der Waals surface area contributed by atoms with Crippen LogP contribution in [0, 0.1) is 0 Å².